The van der Waals surface area contributed by atoms with Crippen molar-refractivity contribution in [1.29, 1.82) is 0 Å². The van der Waals surface area contributed by atoms with Crippen LogP contribution in [-0.4, -0.2) is 11.9 Å². The first-order chi connectivity index (χ1) is 15.1. The Bertz CT molecular complexity index is 800. The van der Waals surface area contributed by atoms with Crippen molar-refractivity contribution in [3.05, 3.63) is 34.6 Å². The zero-order valence-corrected chi connectivity index (χ0v) is 19.9. The second-order valence-corrected chi connectivity index (χ2v) is 11.4. The number of allylic oxidation sites excluding steroid dienone is 6. The van der Waals surface area contributed by atoms with E-state index in [1.165, 1.54) is 94.0 Å². The molecule has 5 atom stereocenters. The molecule has 2 saturated carbocycles. The highest BCUT2D eigenvalue weighted by atomic mass is 16.5. The normalized spacial score (nSPS) is 39.1. The van der Waals surface area contributed by atoms with Crippen LogP contribution in [-0.2, 0) is 9.53 Å². The summed E-state index contributed by atoms with van der Waals surface area (Å²) in [7, 11) is 0. The highest BCUT2D eigenvalue weighted by Crippen LogP contribution is 2.61. The van der Waals surface area contributed by atoms with Gasteiger partial charge in [0, 0.05) is 18.3 Å². The summed E-state index contributed by atoms with van der Waals surface area (Å²) in [5, 5.41) is 0. The zero-order valence-electron chi connectivity index (χ0n) is 19.9. The fraction of sp³-hybridized carbons (Fsp3) is 0.759. The molecule has 2 heteroatoms. The summed E-state index contributed by atoms with van der Waals surface area (Å²) < 4.78 is 6.87. The minimum absolute atomic E-state index is 0.316. The molecule has 0 aromatic rings. The third kappa shape index (κ3) is 4.09. The summed E-state index contributed by atoms with van der Waals surface area (Å²) in [6.07, 6.45) is 23.5. The smallest absolute Gasteiger partial charge is 0.156 e. The predicted octanol–water partition coefficient (Wildman–Crippen LogP) is 7.84. The van der Waals surface area contributed by atoms with Gasteiger partial charge in [0.1, 0.15) is 6.10 Å². The quantitative estimate of drug-likeness (QED) is 0.453. The van der Waals surface area contributed by atoms with Crippen molar-refractivity contribution < 1.29 is 9.53 Å². The van der Waals surface area contributed by atoms with Crippen LogP contribution in [0.5, 0.6) is 0 Å². The third-order valence-corrected chi connectivity index (χ3v) is 9.68. The highest BCUT2D eigenvalue weighted by Gasteiger charge is 2.55. The van der Waals surface area contributed by atoms with Gasteiger partial charge in [0.15, 0.2) is 5.78 Å². The molecule has 31 heavy (non-hydrogen) atoms. The van der Waals surface area contributed by atoms with Gasteiger partial charge in [-0.2, -0.15) is 0 Å². The molecule has 5 aliphatic rings. The first-order valence-corrected chi connectivity index (χ1v) is 13.4. The first kappa shape index (κ1) is 21.5. The van der Waals surface area contributed by atoms with Crippen LogP contribution in [0.25, 0.3) is 0 Å². The van der Waals surface area contributed by atoms with E-state index >= 15 is 0 Å². The average molecular weight is 423 g/mol. The summed E-state index contributed by atoms with van der Waals surface area (Å²) in [6, 6.07) is 0. The van der Waals surface area contributed by atoms with Crippen LogP contribution in [0.3, 0.4) is 0 Å². The molecule has 5 rings (SSSR count). The fourth-order valence-electron chi connectivity index (χ4n) is 7.83. The predicted molar refractivity (Wildman–Crippen MR) is 127 cm³/mol. The van der Waals surface area contributed by atoms with E-state index < -0.39 is 0 Å². The van der Waals surface area contributed by atoms with Gasteiger partial charge in [-0.05, 0) is 106 Å². The molecule has 0 heterocycles. The van der Waals surface area contributed by atoms with E-state index in [1.54, 1.807) is 5.57 Å². The molecule has 0 amide bonds. The zero-order chi connectivity index (χ0) is 21.4. The van der Waals surface area contributed by atoms with Crippen LogP contribution in [0, 0.1) is 23.2 Å². The number of hydrogen-bond donors (Lipinski definition) is 0. The molecule has 0 saturated heterocycles. The van der Waals surface area contributed by atoms with Gasteiger partial charge in [-0.15, -0.1) is 0 Å². The van der Waals surface area contributed by atoms with Gasteiger partial charge in [-0.25, -0.2) is 0 Å². The average Bonchev–Trinajstić information content (AvgIpc) is 3.10. The number of fused-ring (bicyclic) bond motifs is 4. The van der Waals surface area contributed by atoms with Crippen molar-refractivity contribution in [3.8, 4) is 0 Å². The van der Waals surface area contributed by atoms with Crippen LogP contribution < -0.4 is 0 Å². The summed E-state index contributed by atoms with van der Waals surface area (Å²) in [5.74, 6) is 3.76. The molecular formula is C29H42O2. The molecule has 2 fully saturated rings. The SMILES string of the molecule is CC1=C2CCC3(C)C(OC4=CCCCCCCCC4)CCC3C2CC2CCC(=O)C=C12. The van der Waals surface area contributed by atoms with E-state index in [9.17, 15) is 4.79 Å². The minimum Gasteiger partial charge on any atom is -0.495 e. The second-order valence-electron chi connectivity index (χ2n) is 11.4. The van der Waals surface area contributed by atoms with Crippen LogP contribution >= 0.6 is 0 Å². The van der Waals surface area contributed by atoms with Crippen molar-refractivity contribution >= 4 is 5.78 Å². The lowest BCUT2D eigenvalue weighted by Crippen LogP contribution is -2.44. The van der Waals surface area contributed by atoms with Gasteiger partial charge >= 0.3 is 0 Å². The Morgan fingerprint density at radius 1 is 0.968 bits per heavy atom. The molecule has 0 aromatic heterocycles. The molecule has 0 aromatic carbocycles. The maximum Gasteiger partial charge on any atom is 0.156 e. The highest BCUT2D eigenvalue weighted by molar-refractivity contribution is 5.92. The molecule has 5 aliphatic carbocycles. The number of ketones is 1. The van der Waals surface area contributed by atoms with Gasteiger partial charge in [0.25, 0.3) is 0 Å². The standard InChI is InChI=1S/C29H42O2/c1-20-24-16-17-29(2)27(26(24)18-21-12-13-22(30)19-25(20)21)14-15-28(29)31-23-10-8-6-4-3-5-7-9-11-23/h10,19,21,26-28H,3-9,11-18H2,1-2H3. The van der Waals surface area contributed by atoms with Crippen molar-refractivity contribution in [1.82, 2.24) is 0 Å². The van der Waals surface area contributed by atoms with Gasteiger partial charge in [-0.1, -0.05) is 38.2 Å². The number of carbonyl (C=O) groups is 1. The van der Waals surface area contributed by atoms with E-state index in [1.807, 2.05) is 6.08 Å². The van der Waals surface area contributed by atoms with Crippen LogP contribution in [0.2, 0.25) is 0 Å². The Kier molecular flexibility index (Phi) is 6.19. The first-order valence-electron chi connectivity index (χ1n) is 13.4. The lowest BCUT2D eigenvalue weighted by molar-refractivity contribution is -0.115. The number of carbonyl (C=O) groups excluding carboxylic acids is 1. The Morgan fingerprint density at radius 3 is 2.65 bits per heavy atom. The van der Waals surface area contributed by atoms with Crippen molar-refractivity contribution in [2.45, 2.75) is 116 Å². The maximum absolute atomic E-state index is 12.1. The van der Waals surface area contributed by atoms with Crippen molar-refractivity contribution in [3.63, 3.8) is 0 Å². The van der Waals surface area contributed by atoms with Gasteiger partial charge in [0.05, 0.1) is 5.76 Å². The van der Waals surface area contributed by atoms with Crippen molar-refractivity contribution in [2.75, 3.05) is 0 Å². The monoisotopic (exact) mass is 422 g/mol. The summed E-state index contributed by atoms with van der Waals surface area (Å²) in [4.78, 5) is 12.1. The topological polar surface area (TPSA) is 26.3 Å². The molecule has 0 radical (unpaired) electrons. The van der Waals surface area contributed by atoms with Crippen LogP contribution in [0.15, 0.2) is 34.6 Å². The Morgan fingerprint density at radius 2 is 1.77 bits per heavy atom. The molecule has 0 N–H and O–H groups in total. The largest absolute Gasteiger partial charge is 0.495 e. The lowest BCUT2D eigenvalue weighted by Gasteiger charge is -2.50. The molecule has 0 aliphatic heterocycles. The van der Waals surface area contributed by atoms with Gasteiger partial charge < -0.3 is 4.74 Å². The second kappa shape index (κ2) is 8.91. The van der Waals surface area contributed by atoms with Gasteiger partial charge in [0.2, 0.25) is 0 Å². The van der Waals surface area contributed by atoms with Crippen LogP contribution in [0.1, 0.15) is 110 Å². The Hall–Kier alpha value is -1.31. The molecule has 170 valence electrons. The number of ether oxygens (including phenoxy) is 1. The van der Waals surface area contributed by atoms with E-state index in [4.69, 9.17) is 4.74 Å². The summed E-state index contributed by atoms with van der Waals surface area (Å²) in [5.41, 5.74) is 4.88. The molecule has 0 bridgehead atoms. The molecule has 5 unspecified atom stereocenters. The summed E-state index contributed by atoms with van der Waals surface area (Å²) in [6.45, 7) is 4.87. The maximum atomic E-state index is 12.1. The number of rotatable bonds is 2. The van der Waals surface area contributed by atoms with Crippen molar-refractivity contribution in [2.24, 2.45) is 23.2 Å². The fourth-order valence-corrected chi connectivity index (χ4v) is 7.83. The molecule has 0 spiro atoms. The van der Waals surface area contributed by atoms with E-state index in [0.717, 1.165) is 31.1 Å². The van der Waals surface area contributed by atoms with Gasteiger partial charge in [-0.3, -0.25) is 4.79 Å². The molecule has 2 nitrogen and oxygen atoms in total. The minimum atomic E-state index is 0.316. The summed E-state index contributed by atoms with van der Waals surface area (Å²) >= 11 is 0. The lowest BCUT2D eigenvalue weighted by atomic mass is 9.56. The third-order valence-electron chi connectivity index (χ3n) is 9.68. The van der Waals surface area contributed by atoms with E-state index in [0.29, 0.717) is 23.2 Å². The van der Waals surface area contributed by atoms with E-state index in [2.05, 4.69) is 19.9 Å². The van der Waals surface area contributed by atoms with Crippen LogP contribution in [0.4, 0.5) is 0 Å². The van der Waals surface area contributed by atoms with E-state index in [-0.39, 0.29) is 0 Å². The Balaban J connectivity index is 1.34. The Labute approximate surface area is 189 Å². The molecular weight excluding hydrogens is 380 g/mol. The number of hydrogen-bond acceptors (Lipinski definition) is 2.